The summed E-state index contributed by atoms with van der Waals surface area (Å²) in [5.41, 5.74) is 0. The molecule has 0 aliphatic heterocycles. The highest BCUT2D eigenvalue weighted by molar-refractivity contribution is 5.75. The Kier molecular flexibility index (Phi) is 7.39. The Morgan fingerprint density at radius 2 is 1.87 bits per heavy atom. The van der Waals surface area contributed by atoms with Gasteiger partial charge in [-0.25, -0.2) is 0 Å². The molecule has 0 heterocycles. The van der Waals surface area contributed by atoms with Crippen molar-refractivity contribution >= 4 is 5.91 Å². The summed E-state index contributed by atoms with van der Waals surface area (Å²) < 4.78 is 0. The van der Waals surface area contributed by atoms with Crippen molar-refractivity contribution in [1.82, 2.24) is 10.2 Å². The molecule has 0 spiro atoms. The van der Waals surface area contributed by atoms with Gasteiger partial charge in [0.05, 0.1) is 0 Å². The van der Waals surface area contributed by atoms with Crippen molar-refractivity contribution in [2.75, 3.05) is 20.1 Å². The van der Waals surface area contributed by atoms with Crippen LogP contribution in [0.25, 0.3) is 0 Å². The number of rotatable bonds is 7. The maximum absolute atomic E-state index is 11.6. The number of carbonyl (C=O) groups is 1. The first-order valence-corrected chi connectivity index (χ1v) is 5.90. The zero-order valence-corrected chi connectivity index (χ0v) is 10.8. The van der Waals surface area contributed by atoms with Gasteiger partial charge in [-0.15, -0.1) is 0 Å². The topological polar surface area (TPSA) is 32.3 Å². The minimum absolute atomic E-state index is 0.259. The molecule has 3 nitrogen and oxygen atoms in total. The van der Waals surface area contributed by atoms with Gasteiger partial charge in [-0.1, -0.05) is 27.7 Å². The van der Waals surface area contributed by atoms with Crippen molar-refractivity contribution in [3.8, 4) is 0 Å². The Morgan fingerprint density at radius 3 is 2.33 bits per heavy atom. The van der Waals surface area contributed by atoms with Crippen LogP contribution >= 0.6 is 0 Å². The van der Waals surface area contributed by atoms with E-state index in [0.29, 0.717) is 18.4 Å². The molecule has 0 saturated carbocycles. The van der Waals surface area contributed by atoms with Crippen LogP contribution in [0.2, 0.25) is 0 Å². The van der Waals surface area contributed by atoms with E-state index in [1.54, 1.807) is 0 Å². The maximum Gasteiger partial charge on any atom is 0.222 e. The van der Waals surface area contributed by atoms with Gasteiger partial charge in [-0.3, -0.25) is 4.79 Å². The molecule has 0 rings (SSSR count). The number of likely N-dealkylation sites (N-methyl/N-ethyl adjacent to an activating group) is 1. The second-order valence-corrected chi connectivity index (χ2v) is 4.86. The van der Waals surface area contributed by atoms with Crippen LogP contribution in [0.1, 0.15) is 40.5 Å². The van der Waals surface area contributed by atoms with E-state index in [1.165, 1.54) is 0 Å². The maximum atomic E-state index is 11.6. The quantitative estimate of drug-likeness (QED) is 0.702. The Balaban J connectivity index is 3.60. The molecule has 0 radical (unpaired) electrons. The van der Waals surface area contributed by atoms with Crippen LogP contribution in [0.5, 0.6) is 0 Å². The van der Waals surface area contributed by atoms with E-state index in [0.717, 1.165) is 19.5 Å². The molecule has 0 aromatic rings. The van der Waals surface area contributed by atoms with E-state index in [-0.39, 0.29) is 5.91 Å². The second kappa shape index (κ2) is 7.69. The second-order valence-electron chi connectivity index (χ2n) is 4.86. The number of carbonyl (C=O) groups excluding carboxylic acids is 1. The smallest absolute Gasteiger partial charge is 0.222 e. The van der Waals surface area contributed by atoms with Crippen LogP contribution in [0.4, 0.5) is 0 Å². The number of nitrogens with zero attached hydrogens (tertiary/aromatic N) is 1. The molecule has 1 N–H and O–H groups in total. The van der Waals surface area contributed by atoms with Gasteiger partial charge < -0.3 is 10.2 Å². The van der Waals surface area contributed by atoms with Gasteiger partial charge in [0.1, 0.15) is 0 Å². The molecule has 0 aromatic heterocycles. The summed E-state index contributed by atoms with van der Waals surface area (Å²) >= 11 is 0. The molecule has 0 fully saturated rings. The molecule has 3 heteroatoms. The molecule has 0 aliphatic carbocycles. The predicted octanol–water partition coefficient (Wildman–Crippen LogP) is 1.88. The summed E-state index contributed by atoms with van der Waals surface area (Å²) in [5.74, 6) is 0.866. The van der Waals surface area contributed by atoms with E-state index in [4.69, 9.17) is 0 Å². The Labute approximate surface area is 94.2 Å². The third-order valence-electron chi connectivity index (χ3n) is 2.36. The fourth-order valence-electron chi connectivity index (χ4n) is 1.25. The van der Waals surface area contributed by atoms with Crippen molar-refractivity contribution in [1.29, 1.82) is 0 Å². The summed E-state index contributed by atoms with van der Waals surface area (Å²) in [6.45, 7) is 10.2. The lowest BCUT2D eigenvalue weighted by Gasteiger charge is -2.18. The normalized spacial score (nSPS) is 11.1. The van der Waals surface area contributed by atoms with Crippen molar-refractivity contribution in [2.45, 2.75) is 46.6 Å². The van der Waals surface area contributed by atoms with Gasteiger partial charge >= 0.3 is 0 Å². The highest BCUT2D eigenvalue weighted by atomic mass is 16.2. The Hall–Kier alpha value is -0.570. The number of hydrogen-bond acceptors (Lipinski definition) is 2. The van der Waals surface area contributed by atoms with Crippen molar-refractivity contribution in [3.63, 3.8) is 0 Å². The van der Waals surface area contributed by atoms with Crippen LogP contribution in [-0.4, -0.2) is 37.0 Å². The zero-order chi connectivity index (χ0) is 11.8. The number of amides is 1. The first-order valence-electron chi connectivity index (χ1n) is 5.90. The zero-order valence-electron chi connectivity index (χ0n) is 10.8. The van der Waals surface area contributed by atoms with Crippen molar-refractivity contribution < 1.29 is 4.79 Å². The van der Waals surface area contributed by atoms with Crippen molar-refractivity contribution in [2.24, 2.45) is 5.92 Å². The minimum Gasteiger partial charge on any atom is -0.344 e. The highest BCUT2D eigenvalue weighted by Gasteiger charge is 2.08. The molecule has 0 saturated heterocycles. The largest absolute Gasteiger partial charge is 0.344 e. The van der Waals surface area contributed by atoms with E-state index >= 15 is 0 Å². The molecule has 0 bridgehead atoms. The van der Waals surface area contributed by atoms with Crippen molar-refractivity contribution in [3.05, 3.63) is 0 Å². The molecular formula is C12H26N2O. The van der Waals surface area contributed by atoms with E-state index in [9.17, 15) is 4.79 Å². The van der Waals surface area contributed by atoms with Crippen LogP contribution in [0.15, 0.2) is 0 Å². The lowest BCUT2D eigenvalue weighted by atomic mass is 10.1. The van der Waals surface area contributed by atoms with E-state index < -0.39 is 0 Å². The lowest BCUT2D eigenvalue weighted by Crippen LogP contribution is -2.36. The summed E-state index contributed by atoms with van der Waals surface area (Å²) in [5, 5.41) is 3.30. The van der Waals surface area contributed by atoms with Crippen LogP contribution < -0.4 is 5.32 Å². The molecule has 0 aromatic carbocycles. The van der Waals surface area contributed by atoms with E-state index in [2.05, 4.69) is 33.0 Å². The number of nitrogens with one attached hydrogen (secondary N) is 1. The first kappa shape index (κ1) is 14.4. The van der Waals surface area contributed by atoms with Gasteiger partial charge in [0.15, 0.2) is 0 Å². The monoisotopic (exact) mass is 214 g/mol. The number of hydrogen-bond donors (Lipinski definition) is 1. The molecule has 0 aliphatic rings. The Bertz CT molecular complexity index is 178. The van der Waals surface area contributed by atoms with Gasteiger partial charge in [-0.05, 0) is 12.3 Å². The summed E-state index contributed by atoms with van der Waals surface area (Å²) in [7, 11) is 1.88. The standard InChI is InChI=1S/C12H26N2O/c1-10(2)6-7-12(15)14(5)9-8-13-11(3)4/h10-11,13H,6-9H2,1-5H3. The van der Waals surface area contributed by atoms with Crippen LogP contribution in [0, 0.1) is 5.92 Å². The molecule has 1 amide bonds. The SMILES string of the molecule is CC(C)CCC(=O)N(C)CCNC(C)C. The average molecular weight is 214 g/mol. The van der Waals surface area contributed by atoms with Gasteiger partial charge in [0.2, 0.25) is 5.91 Å². The molecular weight excluding hydrogens is 188 g/mol. The summed E-state index contributed by atoms with van der Waals surface area (Å²) in [6.07, 6.45) is 1.66. The lowest BCUT2D eigenvalue weighted by molar-refractivity contribution is -0.130. The predicted molar refractivity (Wildman–Crippen MR) is 64.8 cm³/mol. The molecule has 90 valence electrons. The third-order valence-corrected chi connectivity index (χ3v) is 2.36. The minimum atomic E-state index is 0.259. The average Bonchev–Trinajstić information content (AvgIpc) is 2.13. The van der Waals surface area contributed by atoms with Gasteiger partial charge in [-0.2, -0.15) is 0 Å². The fraction of sp³-hybridized carbons (Fsp3) is 0.917. The Morgan fingerprint density at radius 1 is 1.27 bits per heavy atom. The van der Waals surface area contributed by atoms with Crippen LogP contribution in [0.3, 0.4) is 0 Å². The van der Waals surface area contributed by atoms with Crippen LogP contribution in [-0.2, 0) is 4.79 Å². The summed E-state index contributed by atoms with van der Waals surface area (Å²) in [6, 6.07) is 0.490. The summed E-state index contributed by atoms with van der Waals surface area (Å²) in [4.78, 5) is 13.4. The first-order chi connectivity index (χ1) is 6.93. The molecule has 15 heavy (non-hydrogen) atoms. The van der Waals surface area contributed by atoms with Gasteiger partial charge in [0, 0.05) is 32.6 Å². The highest BCUT2D eigenvalue weighted by Crippen LogP contribution is 2.05. The van der Waals surface area contributed by atoms with E-state index in [1.807, 2.05) is 11.9 Å². The molecule has 0 unspecified atom stereocenters. The molecule has 0 atom stereocenters. The fourth-order valence-corrected chi connectivity index (χ4v) is 1.25. The third kappa shape index (κ3) is 8.43. The van der Waals surface area contributed by atoms with Gasteiger partial charge in [0.25, 0.3) is 0 Å².